The summed E-state index contributed by atoms with van der Waals surface area (Å²) in [5, 5.41) is 7.42. The maximum Gasteiger partial charge on any atom is 0.256 e. The highest BCUT2D eigenvalue weighted by molar-refractivity contribution is 6.28. The third-order valence-corrected chi connectivity index (χ3v) is 2.80. The van der Waals surface area contributed by atoms with E-state index in [1.54, 1.807) is 11.7 Å². The van der Waals surface area contributed by atoms with Crippen LogP contribution in [0.3, 0.4) is 0 Å². The molecule has 1 fully saturated rings. The van der Waals surface area contributed by atoms with Gasteiger partial charge in [-0.3, -0.25) is 0 Å². The van der Waals surface area contributed by atoms with Gasteiger partial charge in [-0.1, -0.05) is 0 Å². The molecule has 0 atom stereocenters. The molecule has 0 amide bonds. The normalized spacial score (nSPS) is 14.9. The molecule has 2 aromatic rings. The predicted molar refractivity (Wildman–Crippen MR) is 63.5 cm³/mol. The Kier molecular flexibility index (Phi) is 2.44. The van der Waals surface area contributed by atoms with Crippen molar-refractivity contribution in [2.45, 2.75) is 18.8 Å². The standard InChI is InChI=1S/C10H11ClN6/c1-12-9-13-8(11)14-10(15-9)17-5-4-7(16-17)6-2-3-6/h4-6H,2-3H2,1H3,(H,12,13,14,15). The molecule has 1 aliphatic rings. The Morgan fingerprint density at radius 2 is 2.18 bits per heavy atom. The van der Waals surface area contributed by atoms with Crippen molar-refractivity contribution in [2.24, 2.45) is 0 Å². The number of rotatable bonds is 3. The van der Waals surface area contributed by atoms with Crippen LogP contribution in [0.25, 0.3) is 5.95 Å². The minimum atomic E-state index is 0.155. The van der Waals surface area contributed by atoms with Crippen LogP contribution in [-0.2, 0) is 0 Å². The van der Waals surface area contributed by atoms with E-state index in [9.17, 15) is 0 Å². The van der Waals surface area contributed by atoms with E-state index in [1.807, 2.05) is 12.3 Å². The molecule has 7 heteroatoms. The highest BCUT2D eigenvalue weighted by Gasteiger charge is 2.26. The molecule has 0 saturated heterocycles. The largest absolute Gasteiger partial charge is 0.357 e. The van der Waals surface area contributed by atoms with Crippen molar-refractivity contribution in [1.29, 1.82) is 0 Å². The Balaban J connectivity index is 1.98. The Bertz CT molecular complexity index is 547. The van der Waals surface area contributed by atoms with Crippen LogP contribution in [0.1, 0.15) is 24.5 Å². The molecule has 0 aromatic carbocycles. The molecule has 1 N–H and O–H groups in total. The van der Waals surface area contributed by atoms with E-state index in [0.717, 1.165) is 5.69 Å². The lowest BCUT2D eigenvalue weighted by atomic mass is 10.3. The van der Waals surface area contributed by atoms with E-state index >= 15 is 0 Å². The van der Waals surface area contributed by atoms with Gasteiger partial charge in [0.25, 0.3) is 5.95 Å². The zero-order chi connectivity index (χ0) is 11.8. The highest BCUT2D eigenvalue weighted by Crippen LogP contribution is 2.38. The van der Waals surface area contributed by atoms with E-state index in [4.69, 9.17) is 11.6 Å². The molecule has 0 radical (unpaired) electrons. The van der Waals surface area contributed by atoms with E-state index in [2.05, 4.69) is 25.4 Å². The summed E-state index contributed by atoms with van der Waals surface area (Å²) in [5.74, 6) is 1.47. The lowest BCUT2D eigenvalue weighted by Gasteiger charge is -2.02. The van der Waals surface area contributed by atoms with Crippen LogP contribution in [0, 0.1) is 0 Å². The number of hydrogen-bond donors (Lipinski definition) is 1. The van der Waals surface area contributed by atoms with Gasteiger partial charge < -0.3 is 5.32 Å². The van der Waals surface area contributed by atoms with Gasteiger partial charge in [-0.05, 0) is 30.5 Å². The van der Waals surface area contributed by atoms with E-state index in [0.29, 0.717) is 17.8 Å². The fraction of sp³-hybridized carbons (Fsp3) is 0.400. The van der Waals surface area contributed by atoms with Gasteiger partial charge in [0.05, 0.1) is 5.69 Å². The number of hydrogen-bond acceptors (Lipinski definition) is 5. The van der Waals surface area contributed by atoms with Crippen LogP contribution in [0.2, 0.25) is 5.28 Å². The molecule has 2 aromatic heterocycles. The lowest BCUT2D eigenvalue weighted by molar-refractivity contribution is 0.774. The molecule has 2 heterocycles. The van der Waals surface area contributed by atoms with Crippen LogP contribution in [-0.4, -0.2) is 31.8 Å². The van der Waals surface area contributed by atoms with Crippen LogP contribution < -0.4 is 5.32 Å². The molecule has 1 saturated carbocycles. The third-order valence-electron chi connectivity index (χ3n) is 2.63. The topological polar surface area (TPSA) is 68.5 Å². The average Bonchev–Trinajstić information content (AvgIpc) is 3.06. The van der Waals surface area contributed by atoms with Crippen molar-refractivity contribution in [3.63, 3.8) is 0 Å². The Hall–Kier alpha value is -1.69. The van der Waals surface area contributed by atoms with Crippen molar-refractivity contribution >= 4 is 17.5 Å². The number of anilines is 1. The monoisotopic (exact) mass is 250 g/mol. The molecule has 3 rings (SSSR count). The van der Waals surface area contributed by atoms with Gasteiger partial charge in [0.1, 0.15) is 0 Å². The minimum absolute atomic E-state index is 0.155. The van der Waals surface area contributed by atoms with Crippen molar-refractivity contribution in [3.05, 3.63) is 23.2 Å². The molecule has 0 unspecified atom stereocenters. The smallest absolute Gasteiger partial charge is 0.256 e. The van der Waals surface area contributed by atoms with Gasteiger partial charge in [-0.2, -0.15) is 20.1 Å². The van der Waals surface area contributed by atoms with Crippen molar-refractivity contribution in [1.82, 2.24) is 24.7 Å². The van der Waals surface area contributed by atoms with E-state index < -0.39 is 0 Å². The summed E-state index contributed by atoms with van der Waals surface area (Å²) in [6.07, 6.45) is 4.28. The maximum absolute atomic E-state index is 5.82. The van der Waals surface area contributed by atoms with Gasteiger partial charge in [0.15, 0.2) is 0 Å². The van der Waals surface area contributed by atoms with Crippen molar-refractivity contribution in [3.8, 4) is 5.95 Å². The fourth-order valence-corrected chi connectivity index (χ4v) is 1.76. The van der Waals surface area contributed by atoms with Crippen LogP contribution >= 0.6 is 11.6 Å². The first-order chi connectivity index (χ1) is 8.26. The molecule has 6 nitrogen and oxygen atoms in total. The third kappa shape index (κ3) is 2.08. The van der Waals surface area contributed by atoms with Gasteiger partial charge in [-0.25, -0.2) is 4.68 Å². The second-order valence-corrected chi connectivity index (χ2v) is 4.28. The Morgan fingerprint density at radius 1 is 1.35 bits per heavy atom. The Labute approximate surface area is 103 Å². The SMILES string of the molecule is CNc1nc(Cl)nc(-n2ccc(C3CC3)n2)n1. The highest BCUT2D eigenvalue weighted by atomic mass is 35.5. The summed E-state index contributed by atoms with van der Waals surface area (Å²) < 4.78 is 1.63. The summed E-state index contributed by atoms with van der Waals surface area (Å²) in [6.45, 7) is 0. The first-order valence-electron chi connectivity index (χ1n) is 5.41. The molecule has 0 bridgehead atoms. The molecule has 88 valence electrons. The van der Waals surface area contributed by atoms with E-state index in [-0.39, 0.29) is 5.28 Å². The van der Waals surface area contributed by atoms with Gasteiger partial charge >= 0.3 is 0 Å². The molecular formula is C10H11ClN6. The lowest BCUT2D eigenvalue weighted by Crippen LogP contribution is -2.07. The molecule has 1 aliphatic carbocycles. The zero-order valence-corrected chi connectivity index (χ0v) is 10.0. The number of halogens is 1. The molecular weight excluding hydrogens is 240 g/mol. The predicted octanol–water partition coefficient (Wildman–Crippen LogP) is 1.63. The molecule has 0 spiro atoms. The van der Waals surface area contributed by atoms with Gasteiger partial charge in [0.2, 0.25) is 11.2 Å². The van der Waals surface area contributed by atoms with Crippen LogP contribution in [0.5, 0.6) is 0 Å². The summed E-state index contributed by atoms with van der Waals surface area (Å²) in [7, 11) is 1.73. The number of aromatic nitrogens is 5. The van der Waals surface area contributed by atoms with Crippen LogP contribution in [0.4, 0.5) is 5.95 Å². The summed E-state index contributed by atoms with van der Waals surface area (Å²) in [6, 6.07) is 1.99. The quantitative estimate of drug-likeness (QED) is 0.897. The average molecular weight is 251 g/mol. The summed E-state index contributed by atoms with van der Waals surface area (Å²) in [5.41, 5.74) is 1.09. The van der Waals surface area contributed by atoms with Crippen molar-refractivity contribution < 1.29 is 0 Å². The zero-order valence-electron chi connectivity index (χ0n) is 9.26. The van der Waals surface area contributed by atoms with Crippen LogP contribution in [0.15, 0.2) is 12.3 Å². The number of nitrogens with zero attached hydrogens (tertiary/aromatic N) is 5. The van der Waals surface area contributed by atoms with Crippen molar-refractivity contribution in [2.75, 3.05) is 12.4 Å². The second-order valence-electron chi connectivity index (χ2n) is 3.94. The first kappa shape index (κ1) is 10.5. The first-order valence-corrected chi connectivity index (χ1v) is 5.79. The fourth-order valence-electron chi connectivity index (χ4n) is 1.60. The van der Waals surface area contributed by atoms with Gasteiger partial charge in [-0.15, -0.1) is 0 Å². The summed E-state index contributed by atoms with van der Waals surface area (Å²) >= 11 is 5.82. The maximum atomic E-state index is 5.82. The Morgan fingerprint density at radius 3 is 2.88 bits per heavy atom. The molecule has 17 heavy (non-hydrogen) atoms. The summed E-state index contributed by atoms with van der Waals surface area (Å²) in [4.78, 5) is 12.2. The second kappa shape index (κ2) is 3.96. The number of nitrogens with one attached hydrogen (secondary N) is 1. The minimum Gasteiger partial charge on any atom is -0.357 e. The van der Waals surface area contributed by atoms with Gasteiger partial charge in [0, 0.05) is 19.2 Å². The van der Waals surface area contributed by atoms with E-state index in [1.165, 1.54) is 12.8 Å². The molecule has 0 aliphatic heterocycles.